The quantitative estimate of drug-likeness (QED) is 0.797. The Morgan fingerprint density at radius 1 is 1.07 bits per heavy atom. The lowest BCUT2D eigenvalue weighted by Gasteiger charge is -2.29. The van der Waals surface area contributed by atoms with Crippen molar-refractivity contribution in [3.05, 3.63) is 48.0 Å². The summed E-state index contributed by atoms with van der Waals surface area (Å²) in [5.74, 6) is -1.14. The van der Waals surface area contributed by atoms with Gasteiger partial charge in [-0.05, 0) is 49.6 Å². The van der Waals surface area contributed by atoms with Crippen molar-refractivity contribution < 1.29 is 19.1 Å². The van der Waals surface area contributed by atoms with Crippen molar-refractivity contribution in [2.24, 2.45) is 0 Å². The molecule has 0 saturated carbocycles. The fourth-order valence-electron chi connectivity index (χ4n) is 3.20. The van der Waals surface area contributed by atoms with E-state index < -0.39 is 11.8 Å². The molecule has 146 valence electrons. The fraction of sp³-hybridized carbons (Fsp3) is 0.286. The average molecular weight is 381 g/mol. The number of benzene rings is 2. The molecular formula is C21H23N3O4. The van der Waals surface area contributed by atoms with Gasteiger partial charge in [0, 0.05) is 24.8 Å². The molecule has 3 rings (SSSR count). The third kappa shape index (κ3) is 4.31. The van der Waals surface area contributed by atoms with Crippen molar-refractivity contribution >= 4 is 34.8 Å². The molecule has 0 atom stereocenters. The summed E-state index contributed by atoms with van der Waals surface area (Å²) in [7, 11) is 0. The van der Waals surface area contributed by atoms with Crippen LogP contribution in [0.15, 0.2) is 42.5 Å². The van der Waals surface area contributed by atoms with Gasteiger partial charge in [0.15, 0.2) is 0 Å². The van der Waals surface area contributed by atoms with Crippen molar-refractivity contribution in [1.29, 1.82) is 0 Å². The molecule has 0 spiro atoms. The number of amides is 3. The Morgan fingerprint density at radius 3 is 2.57 bits per heavy atom. The molecule has 7 nitrogen and oxygen atoms in total. The third-order valence-electron chi connectivity index (χ3n) is 4.48. The number of hydrogen-bond acceptors (Lipinski definition) is 4. The molecule has 28 heavy (non-hydrogen) atoms. The molecule has 1 aliphatic rings. The van der Waals surface area contributed by atoms with Gasteiger partial charge in [0.05, 0.1) is 12.3 Å². The number of rotatable bonds is 4. The third-order valence-corrected chi connectivity index (χ3v) is 4.48. The molecule has 2 N–H and O–H groups in total. The number of carbonyl (C=O) groups excluding carboxylic acids is 3. The molecule has 0 saturated heterocycles. The zero-order valence-electron chi connectivity index (χ0n) is 16.0. The minimum absolute atomic E-state index is 0.0466. The van der Waals surface area contributed by atoms with Gasteiger partial charge in [-0.25, -0.2) is 0 Å². The monoisotopic (exact) mass is 381 g/mol. The molecule has 2 aromatic carbocycles. The van der Waals surface area contributed by atoms with Crippen molar-refractivity contribution in [2.45, 2.75) is 26.7 Å². The number of para-hydroxylation sites is 2. The normalized spacial score (nSPS) is 12.7. The Bertz CT molecular complexity index is 910. The van der Waals surface area contributed by atoms with E-state index in [0.717, 1.165) is 24.1 Å². The van der Waals surface area contributed by atoms with Gasteiger partial charge in [0.25, 0.3) is 0 Å². The lowest BCUT2D eigenvalue weighted by atomic mass is 10.0. The van der Waals surface area contributed by atoms with Crippen LogP contribution in [0.4, 0.5) is 17.1 Å². The van der Waals surface area contributed by atoms with Crippen LogP contribution in [0.5, 0.6) is 5.75 Å². The second-order valence-corrected chi connectivity index (χ2v) is 6.46. The summed E-state index contributed by atoms with van der Waals surface area (Å²) in [4.78, 5) is 38.2. The maximum Gasteiger partial charge on any atom is 0.314 e. The van der Waals surface area contributed by atoms with Crippen LogP contribution in [-0.4, -0.2) is 30.9 Å². The maximum atomic E-state index is 12.3. The zero-order chi connectivity index (χ0) is 20.1. The molecule has 0 radical (unpaired) electrons. The van der Waals surface area contributed by atoms with Gasteiger partial charge in [-0.1, -0.05) is 18.2 Å². The Hall–Kier alpha value is -3.35. The van der Waals surface area contributed by atoms with Crippen LogP contribution in [-0.2, 0) is 20.8 Å². The van der Waals surface area contributed by atoms with Crippen LogP contribution in [0.2, 0.25) is 0 Å². The van der Waals surface area contributed by atoms with E-state index in [4.69, 9.17) is 4.74 Å². The molecule has 7 heteroatoms. The highest BCUT2D eigenvalue weighted by atomic mass is 16.5. The second kappa shape index (κ2) is 8.56. The standard InChI is InChI=1S/C21H23N3O4/c1-3-28-19-9-5-4-8-17(19)23-21(27)20(26)22-16-11-10-15-7-6-12-24(14(2)25)18(15)13-16/h4-5,8-11,13H,3,6-7,12H2,1-2H3,(H,22,26)(H,23,27). The Kier molecular flexibility index (Phi) is 5.93. The molecule has 0 aliphatic carbocycles. The summed E-state index contributed by atoms with van der Waals surface area (Å²) >= 11 is 0. The van der Waals surface area contributed by atoms with Crippen molar-refractivity contribution in [3.8, 4) is 5.75 Å². The summed E-state index contributed by atoms with van der Waals surface area (Å²) in [5, 5.41) is 5.16. The molecule has 0 fully saturated rings. The molecule has 1 heterocycles. The first-order valence-corrected chi connectivity index (χ1v) is 9.24. The van der Waals surface area contributed by atoms with Crippen LogP contribution in [0.25, 0.3) is 0 Å². The van der Waals surface area contributed by atoms with E-state index in [1.165, 1.54) is 6.92 Å². The fourth-order valence-corrected chi connectivity index (χ4v) is 3.20. The van der Waals surface area contributed by atoms with E-state index in [-0.39, 0.29) is 5.91 Å². The summed E-state index contributed by atoms with van der Waals surface area (Å²) in [6.07, 6.45) is 1.78. The van der Waals surface area contributed by atoms with E-state index >= 15 is 0 Å². The van der Waals surface area contributed by atoms with Gasteiger partial charge in [-0.15, -0.1) is 0 Å². The van der Waals surface area contributed by atoms with E-state index in [9.17, 15) is 14.4 Å². The summed E-state index contributed by atoms with van der Waals surface area (Å²) in [5.41, 5.74) is 2.72. The van der Waals surface area contributed by atoms with Crippen LogP contribution >= 0.6 is 0 Å². The van der Waals surface area contributed by atoms with Crippen molar-refractivity contribution in [3.63, 3.8) is 0 Å². The van der Waals surface area contributed by atoms with Gasteiger partial charge in [0.2, 0.25) is 5.91 Å². The SMILES string of the molecule is CCOc1ccccc1NC(=O)C(=O)Nc1ccc2c(c1)N(C(C)=O)CCC2. The lowest BCUT2D eigenvalue weighted by molar-refractivity contribution is -0.133. The average Bonchev–Trinajstić information content (AvgIpc) is 2.69. The second-order valence-electron chi connectivity index (χ2n) is 6.46. The van der Waals surface area contributed by atoms with Gasteiger partial charge in [-0.2, -0.15) is 0 Å². The number of aryl methyl sites for hydroxylation is 1. The minimum atomic E-state index is -0.798. The van der Waals surface area contributed by atoms with Gasteiger partial charge >= 0.3 is 11.8 Å². The maximum absolute atomic E-state index is 12.3. The van der Waals surface area contributed by atoms with E-state index in [0.29, 0.717) is 30.3 Å². The highest BCUT2D eigenvalue weighted by Gasteiger charge is 2.21. The predicted molar refractivity (Wildman–Crippen MR) is 108 cm³/mol. The Labute approximate surface area is 163 Å². The molecule has 1 aliphatic heterocycles. The molecule has 0 aromatic heterocycles. The first kappa shape index (κ1) is 19.4. The van der Waals surface area contributed by atoms with E-state index in [2.05, 4.69) is 10.6 Å². The predicted octanol–water partition coefficient (Wildman–Crippen LogP) is 2.96. The number of hydrogen-bond donors (Lipinski definition) is 2. The topological polar surface area (TPSA) is 87.7 Å². The largest absolute Gasteiger partial charge is 0.492 e. The van der Waals surface area contributed by atoms with Gasteiger partial charge in [0.1, 0.15) is 5.75 Å². The molecule has 2 aromatic rings. The van der Waals surface area contributed by atoms with Crippen molar-refractivity contribution in [1.82, 2.24) is 0 Å². The first-order chi connectivity index (χ1) is 13.5. The molecule has 3 amide bonds. The van der Waals surface area contributed by atoms with Crippen LogP contribution in [0, 0.1) is 0 Å². The van der Waals surface area contributed by atoms with Gasteiger partial charge < -0.3 is 20.3 Å². The van der Waals surface area contributed by atoms with Crippen molar-refractivity contribution in [2.75, 3.05) is 28.7 Å². The number of fused-ring (bicyclic) bond motifs is 1. The highest BCUT2D eigenvalue weighted by Crippen LogP contribution is 2.30. The lowest BCUT2D eigenvalue weighted by Crippen LogP contribution is -2.34. The zero-order valence-corrected chi connectivity index (χ0v) is 16.0. The number of ether oxygens (including phenoxy) is 1. The number of nitrogens with one attached hydrogen (secondary N) is 2. The van der Waals surface area contributed by atoms with Crippen LogP contribution in [0.3, 0.4) is 0 Å². The number of nitrogens with zero attached hydrogens (tertiary/aromatic N) is 1. The van der Waals surface area contributed by atoms with Crippen LogP contribution in [0.1, 0.15) is 25.8 Å². The number of carbonyl (C=O) groups is 3. The summed E-state index contributed by atoms with van der Waals surface area (Å²) in [6.45, 7) is 4.45. The smallest absolute Gasteiger partial charge is 0.314 e. The Balaban J connectivity index is 1.72. The van der Waals surface area contributed by atoms with Crippen LogP contribution < -0.4 is 20.3 Å². The minimum Gasteiger partial charge on any atom is -0.492 e. The number of anilines is 3. The summed E-state index contributed by atoms with van der Waals surface area (Å²) in [6, 6.07) is 12.3. The highest BCUT2D eigenvalue weighted by molar-refractivity contribution is 6.43. The summed E-state index contributed by atoms with van der Waals surface area (Å²) < 4.78 is 5.45. The van der Waals surface area contributed by atoms with E-state index in [1.54, 1.807) is 41.3 Å². The Morgan fingerprint density at radius 2 is 1.82 bits per heavy atom. The molecular weight excluding hydrogens is 358 g/mol. The molecule has 0 unspecified atom stereocenters. The molecule has 0 bridgehead atoms. The van der Waals surface area contributed by atoms with E-state index in [1.807, 2.05) is 13.0 Å². The van der Waals surface area contributed by atoms with Gasteiger partial charge in [-0.3, -0.25) is 14.4 Å². The first-order valence-electron chi connectivity index (χ1n) is 9.24.